The van der Waals surface area contributed by atoms with Crippen LogP contribution in [-0.2, 0) is 4.74 Å². The summed E-state index contributed by atoms with van der Waals surface area (Å²) in [6.45, 7) is 1.31. The lowest BCUT2D eigenvalue weighted by Gasteiger charge is -2.12. The Morgan fingerprint density at radius 1 is 1.33 bits per heavy atom. The van der Waals surface area contributed by atoms with Crippen LogP contribution in [0.25, 0.3) is 0 Å². The predicted octanol–water partition coefficient (Wildman–Crippen LogP) is 3.80. The number of alkyl halides is 3. The largest absolute Gasteiger partial charge is 0.573 e. The maximum absolute atomic E-state index is 12.0. The van der Waals surface area contributed by atoms with Crippen LogP contribution in [0.15, 0.2) is 22.7 Å². The molecule has 3 nitrogen and oxygen atoms in total. The van der Waals surface area contributed by atoms with Crippen molar-refractivity contribution in [2.75, 3.05) is 25.6 Å². The van der Waals surface area contributed by atoms with E-state index in [0.717, 1.165) is 6.42 Å². The summed E-state index contributed by atoms with van der Waals surface area (Å²) in [6, 6.07) is 4.32. The zero-order valence-corrected chi connectivity index (χ0v) is 11.3. The van der Waals surface area contributed by atoms with Gasteiger partial charge in [0.1, 0.15) is 5.75 Å². The summed E-state index contributed by atoms with van der Waals surface area (Å²) in [7, 11) is 1.61. The lowest BCUT2D eigenvalue weighted by atomic mass is 10.3. The molecule has 0 amide bonds. The molecule has 0 aromatic heterocycles. The van der Waals surface area contributed by atoms with Crippen molar-refractivity contribution >= 4 is 21.6 Å². The van der Waals surface area contributed by atoms with E-state index in [1.165, 1.54) is 18.2 Å². The molecule has 0 heterocycles. The highest BCUT2D eigenvalue weighted by atomic mass is 79.9. The molecule has 1 rings (SSSR count). The fourth-order valence-corrected chi connectivity index (χ4v) is 1.73. The topological polar surface area (TPSA) is 30.5 Å². The first-order valence-corrected chi connectivity index (χ1v) is 6.00. The van der Waals surface area contributed by atoms with Gasteiger partial charge in [-0.15, -0.1) is 13.2 Å². The molecule has 0 radical (unpaired) electrons. The molecule has 0 fully saturated rings. The number of halogens is 4. The van der Waals surface area contributed by atoms with Gasteiger partial charge in [-0.2, -0.15) is 0 Å². The number of methoxy groups -OCH3 is 1. The van der Waals surface area contributed by atoms with Gasteiger partial charge >= 0.3 is 6.36 Å². The van der Waals surface area contributed by atoms with E-state index in [2.05, 4.69) is 26.0 Å². The van der Waals surface area contributed by atoms with Gasteiger partial charge in [0.25, 0.3) is 0 Å². The van der Waals surface area contributed by atoms with E-state index in [-0.39, 0.29) is 10.2 Å². The van der Waals surface area contributed by atoms with Gasteiger partial charge in [0, 0.05) is 25.9 Å². The number of hydrogen-bond acceptors (Lipinski definition) is 3. The molecule has 0 spiro atoms. The van der Waals surface area contributed by atoms with Crippen LogP contribution in [0, 0.1) is 0 Å². The van der Waals surface area contributed by atoms with Gasteiger partial charge < -0.3 is 14.8 Å². The highest BCUT2D eigenvalue weighted by Gasteiger charge is 2.31. The molecular weight excluding hydrogens is 315 g/mol. The number of anilines is 1. The van der Waals surface area contributed by atoms with Gasteiger partial charge in [0.2, 0.25) is 0 Å². The normalized spacial score (nSPS) is 11.4. The van der Waals surface area contributed by atoms with E-state index in [9.17, 15) is 13.2 Å². The molecule has 7 heteroatoms. The zero-order valence-electron chi connectivity index (χ0n) is 9.68. The second-order valence-corrected chi connectivity index (χ2v) is 4.32. The van der Waals surface area contributed by atoms with Gasteiger partial charge in [-0.25, -0.2) is 0 Å². The first-order valence-electron chi connectivity index (χ1n) is 5.20. The minimum Gasteiger partial charge on any atom is -0.405 e. The van der Waals surface area contributed by atoms with Gasteiger partial charge in [-0.05, 0) is 40.5 Å². The Labute approximate surface area is 111 Å². The first-order chi connectivity index (χ1) is 8.42. The van der Waals surface area contributed by atoms with Gasteiger partial charge in [-0.1, -0.05) is 0 Å². The minimum atomic E-state index is -4.68. The number of benzene rings is 1. The Kier molecular flexibility index (Phi) is 5.74. The second-order valence-electron chi connectivity index (χ2n) is 3.47. The zero-order chi connectivity index (χ0) is 13.6. The van der Waals surface area contributed by atoms with Crippen molar-refractivity contribution in [2.24, 2.45) is 0 Å². The number of hydrogen-bond donors (Lipinski definition) is 1. The van der Waals surface area contributed by atoms with Crippen molar-refractivity contribution in [3.8, 4) is 5.75 Å². The molecule has 0 atom stereocenters. The summed E-state index contributed by atoms with van der Waals surface area (Å²) in [6.07, 6.45) is -3.87. The molecule has 102 valence electrons. The fraction of sp³-hybridized carbons (Fsp3) is 0.455. The lowest BCUT2D eigenvalue weighted by molar-refractivity contribution is -0.274. The molecule has 0 unspecified atom stereocenters. The quantitative estimate of drug-likeness (QED) is 0.806. The van der Waals surface area contributed by atoms with Crippen LogP contribution >= 0.6 is 15.9 Å². The van der Waals surface area contributed by atoms with E-state index < -0.39 is 6.36 Å². The van der Waals surface area contributed by atoms with Crippen LogP contribution in [0.5, 0.6) is 5.75 Å². The standard InChI is InChI=1S/C11H13BrF3NO2/c1-17-6-2-5-16-8-3-4-10(9(12)7-8)18-11(13,14)15/h3-4,7,16H,2,5-6H2,1H3. The summed E-state index contributed by atoms with van der Waals surface area (Å²) < 4.78 is 45.1. The predicted molar refractivity (Wildman–Crippen MR) is 65.8 cm³/mol. The average molecular weight is 328 g/mol. The molecule has 0 saturated carbocycles. The van der Waals surface area contributed by atoms with E-state index in [1.54, 1.807) is 7.11 Å². The molecule has 1 N–H and O–H groups in total. The number of ether oxygens (including phenoxy) is 2. The third-order valence-corrected chi connectivity index (χ3v) is 2.63. The van der Waals surface area contributed by atoms with Crippen LogP contribution in [0.1, 0.15) is 6.42 Å². The van der Waals surface area contributed by atoms with E-state index in [1.807, 2.05) is 0 Å². The van der Waals surface area contributed by atoms with Crippen molar-refractivity contribution in [1.82, 2.24) is 0 Å². The molecule has 0 aliphatic rings. The maximum Gasteiger partial charge on any atom is 0.573 e. The Balaban J connectivity index is 2.56. The molecule has 0 saturated heterocycles. The summed E-state index contributed by atoms with van der Waals surface area (Å²) in [5.74, 6) is -0.259. The van der Waals surface area contributed by atoms with Gasteiger partial charge in [0.15, 0.2) is 0 Å². The third kappa shape index (κ3) is 5.59. The van der Waals surface area contributed by atoms with Crippen molar-refractivity contribution in [1.29, 1.82) is 0 Å². The second kappa shape index (κ2) is 6.84. The summed E-state index contributed by atoms with van der Waals surface area (Å²) in [4.78, 5) is 0. The van der Waals surface area contributed by atoms with Crippen LogP contribution in [0.3, 0.4) is 0 Å². The molecular formula is C11H13BrF3NO2. The van der Waals surface area contributed by atoms with Crippen LogP contribution < -0.4 is 10.1 Å². The fourth-order valence-electron chi connectivity index (χ4n) is 1.27. The SMILES string of the molecule is COCCCNc1ccc(OC(F)(F)F)c(Br)c1. The Hall–Kier alpha value is -0.950. The average Bonchev–Trinajstić information content (AvgIpc) is 2.26. The van der Waals surface area contributed by atoms with Crippen LogP contribution in [-0.4, -0.2) is 26.6 Å². The van der Waals surface area contributed by atoms with E-state index in [0.29, 0.717) is 18.8 Å². The third-order valence-electron chi connectivity index (χ3n) is 2.01. The molecule has 1 aromatic carbocycles. The Bertz CT molecular complexity index is 385. The first kappa shape index (κ1) is 15.1. The van der Waals surface area contributed by atoms with Gasteiger partial charge in [-0.3, -0.25) is 0 Å². The van der Waals surface area contributed by atoms with Gasteiger partial charge in [0.05, 0.1) is 4.47 Å². The lowest BCUT2D eigenvalue weighted by Crippen LogP contribution is -2.17. The van der Waals surface area contributed by atoms with Crippen molar-refractivity contribution in [3.05, 3.63) is 22.7 Å². The smallest absolute Gasteiger partial charge is 0.405 e. The van der Waals surface area contributed by atoms with E-state index >= 15 is 0 Å². The van der Waals surface area contributed by atoms with E-state index in [4.69, 9.17) is 4.74 Å². The van der Waals surface area contributed by atoms with Crippen LogP contribution in [0.2, 0.25) is 0 Å². The monoisotopic (exact) mass is 327 g/mol. The molecule has 18 heavy (non-hydrogen) atoms. The van der Waals surface area contributed by atoms with Crippen molar-refractivity contribution < 1.29 is 22.6 Å². The minimum absolute atomic E-state index is 0.247. The summed E-state index contributed by atoms with van der Waals surface area (Å²) >= 11 is 3.03. The Morgan fingerprint density at radius 2 is 2.06 bits per heavy atom. The summed E-state index contributed by atoms with van der Waals surface area (Å²) in [5, 5.41) is 3.06. The highest BCUT2D eigenvalue weighted by molar-refractivity contribution is 9.10. The highest BCUT2D eigenvalue weighted by Crippen LogP contribution is 2.32. The molecule has 0 aliphatic carbocycles. The van der Waals surface area contributed by atoms with Crippen molar-refractivity contribution in [3.63, 3.8) is 0 Å². The van der Waals surface area contributed by atoms with Crippen LogP contribution in [0.4, 0.5) is 18.9 Å². The molecule has 1 aromatic rings. The molecule has 0 bridgehead atoms. The number of rotatable bonds is 6. The molecule has 0 aliphatic heterocycles. The summed E-state index contributed by atoms with van der Waals surface area (Å²) in [5.41, 5.74) is 0.715. The number of nitrogens with one attached hydrogen (secondary N) is 1. The Morgan fingerprint density at radius 3 is 2.61 bits per heavy atom. The van der Waals surface area contributed by atoms with Crippen molar-refractivity contribution in [2.45, 2.75) is 12.8 Å². The maximum atomic E-state index is 12.0.